The molecule has 1 fully saturated rings. The molecule has 9 heteroatoms. The van der Waals surface area contributed by atoms with Gasteiger partial charge in [0.2, 0.25) is 0 Å². The van der Waals surface area contributed by atoms with Gasteiger partial charge < -0.3 is 19.6 Å². The van der Waals surface area contributed by atoms with Crippen LogP contribution in [0.5, 0.6) is 0 Å². The van der Waals surface area contributed by atoms with E-state index in [1.807, 2.05) is 54.6 Å². The predicted octanol–water partition coefficient (Wildman–Crippen LogP) is 4.49. The average molecular weight is 511 g/mol. The van der Waals surface area contributed by atoms with Crippen LogP contribution in [0, 0.1) is 0 Å². The molecule has 3 rings (SSSR count). The van der Waals surface area contributed by atoms with Crippen molar-refractivity contribution in [3.8, 4) is 11.1 Å². The number of amides is 3. The number of rotatable bonds is 8. The van der Waals surface area contributed by atoms with Gasteiger partial charge in [0.15, 0.2) is 6.04 Å². The lowest BCUT2D eigenvalue weighted by Gasteiger charge is -2.32. The lowest BCUT2D eigenvalue weighted by molar-refractivity contribution is -0.202. The van der Waals surface area contributed by atoms with Crippen molar-refractivity contribution >= 4 is 23.9 Å². The number of carbonyl (C=O) groups is 4. The number of nitrogens with zero attached hydrogens (tertiary/aromatic N) is 1. The normalized spacial score (nSPS) is 15.8. The van der Waals surface area contributed by atoms with Crippen molar-refractivity contribution in [3.05, 3.63) is 60.2 Å². The molecular formula is C28H34N2O7. The summed E-state index contributed by atoms with van der Waals surface area (Å²) in [6.07, 6.45) is -1.83. The number of alkyl carbamates (subject to hydrolysis) is 1. The Labute approximate surface area is 217 Å². The summed E-state index contributed by atoms with van der Waals surface area (Å²) < 4.78 is 11.5. The number of hydrogen-bond donors (Lipinski definition) is 1. The Hall–Kier alpha value is -3.72. The zero-order valence-corrected chi connectivity index (χ0v) is 22.1. The monoisotopic (exact) mass is 510 g/mol. The first-order valence-electron chi connectivity index (χ1n) is 12.2. The second-order valence-electron chi connectivity index (χ2n) is 10.4. The zero-order chi connectivity index (χ0) is 27.4. The second-order valence-corrected chi connectivity index (χ2v) is 10.4. The van der Waals surface area contributed by atoms with Gasteiger partial charge in [-0.1, -0.05) is 54.6 Å². The molecule has 0 unspecified atom stereocenters. The van der Waals surface area contributed by atoms with Crippen molar-refractivity contribution < 1.29 is 33.5 Å². The van der Waals surface area contributed by atoms with E-state index in [0.29, 0.717) is 5.06 Å². The SMILES string of the molecule is C[C@H](OC(C)(C)C)[C@H](NC(=O)OC(C)(C)c1ccc(-c2ccccc2)cc1)C(=O)ON1C(=O)CCC1=O. The molecule has 2 aromatic rings. The van der Waals surface area contributed by atoms with Crippen molar-refractivity contribution in [3.63, 3.8) is 0 Å². The molecule has 1 aliphatic heterocycles. The van der Waals surface area contributed by atoms with Gasteiger partial charge in [-0.2, -0.15) is 0 Å². The molecule has 0 bridgehead atoms. The van der Waals surface area contributed by atoms with Crippen LogP contribution in [0.2, 0.25) is 0 Å². The molecule has 0 spiro atoms. The first-order chi connectivity index (χ1) is 17.3. The minimum Gasteiger partial charge on any atom is -0.439 e. The lowest BCUT2D eigenvalue weighted by atomic mass is 9.95. The van der Waals surface area contributed by atoms with E-state index < -0.39 is 47.2 Å². The third kappa shape index (κ3) is 7.39. The number of ether oxygens (including phenoxy) is 2. The minimum absolute atomic E-state index is 0.0441. The van der Waals surface area contributed by atoms with Crippen LogP contribution in [-0.4, -0.2) is 46.7 Å². The van der Waals surface area contributed by atoms with Crippen molar-refractivity contribution in [1.82, 2.24) is 10.4 Å². The summed E-state index contributed by atoms with van der Waals surface area (Å²) in [4.78, 5) is 54.7. The van der Waals surface area contributed by atoms with Crippen molar-refractivity contribution in [2.24, 2.45) is 0 Å². The van der Waals surface area contributed by atoms with Crippen LogP contribution in [0.4, 0.5) is 4.79 Å². The number of hydrogen-bond acceptors (Lipinski definition) is 7. The van der Waals surface area contributed by atoms with Gasteiger partial charge in [-0.05, 0) is 58.2 Å². The highest BCUT2D eigenvalue weighted by atomic mass is 16.7. The Morgan fingerprint density at radius 3 is 1.95 bits per heavy atom. The summed E-state index contributed by atoms with van der Waals surface area (Å²) >= 11 is 0. The van der Waals surface area contributed by atoms with Crippen molar-refractivity contribution in [1.29, 1.82) is 0 Å². The van der Waals surface area contributed by atoms with Gasteiger partial charge in [-0.15, -0.1) is 5.06 Å². The second kappa shape index (κ2) is 11.1. The standard InChI is InChI=1S/C28H34N2O7/c1-18(35-27(2,3)4)24(25(33)37-30-22(31)16-17-23(30)32)29-26(34)36-28(5,6)21-14-12-20(13-15-21)19-10-8-7-9-11-19/h7-15,18,24H,16-17H2,1-6H3,(H,29,34)/t18-,24-/m0/s1. The molecule has 0 aromatic heterocycles. The highest BCUT2D eigenvalue weighted by Gasteiger charge is 2.39. The van der Waals surface area contributed by atoms with Gasteiger partial charge in [0, 0.05) is 12.8 Å². The lowest BCUT2D eigenvalue weighted by Crippen LogP contribution is -2.53. The number of imide groups is 1. The number of carbonyl (C=O) groups excluding carboxylic acids is 4. The topological polar surface area (TPSA) is 111 Å². The van der Waals surface area contributed by atoms with Gasteiger partial charge >= 0.3 is 12.1 Å². The van der Waals surface area contributed by atoms with E-state index in [9.17, 15) is 19.2 Å². The number of nitrogens with one attached hydrogen (secondary N) is 1. The smallest absolute Gasteiger partial charge is 0.408 e. The summed E-state index contributed by atoms with van der Waals surface area (Å²) in [5.41, 5.74) is 1.14. The van der Waals surface area contributed by atoms with E-state index >= 15 is 0 Å². The first-order valence-corrected chi connectivity index (χ1v) is 12.2. The van der Waals surface area contributed by atoms with Crippen molar-refractivity contribution in [2.45, 2.75) is 77.7 Å². The molecule has 0 radical (unpaired) electrons. The Bertz CT molecular complexity index is 1120. The maximum atomic E-state index is 12.9. The van der Waals surface area contributed by atoms with Gasteiger partial charge in [-0.25, -0.2) is 9.59 Å². The summed E-state index contributed by atoms with van der Waals surface area (Å²) in [5, 5.41) is 2.93. The van der Waals surface area contributed by atoms with Crippen LogP contribution in [-0.2, 0) is 34.3 Å². The fraction of sp³-hybridized carbons (Fsp3) is 0.429. The predicted molar refractivity (Wildman–Crippen MR) is 136 cm³/mol. The quantitative estimate of drug-likeness (QED) is 0.521. The van der Waals surface area contributed by atoms with Crippen LogP contribution in [0.1, 0.15) is 59.9 Å². The van der Waals surface area contributed by atoms with Gasteiger partial charge in [0.05, 0.1) is 11.7 Å². The Kier molecular flexibility index (Phi) is 8.38. The van der Waals surface area contributed by atoms with Gasteiger partial charge in [-0.3, -0.25) is 9.59 Å². The van der Waals surface area contributed by atoms with E-state index in [4.69, 9.17) is 14.3 Å². The highest BCUT2D eigenvalue weighted by Crippen LogP contribution is 2.28. The first kappa shape index (κ1) is 27.9. The van der Waals surface area contributed by atoms with Crippen LogP contribution in [0.15, 0.2) is 54.6 Å². The van der Waals surface area contributed by atoms with E-state index in [1.165, 1.54) is 0 Å². The van der Waals surface area contributed by atoms with Gasteiger partial charge in [0.25, 0.3) is 11.8 Å². The van der Waals surface area contributed by atoms with E-state index in [2.05, 4.69) is 5.32 Å². The Balaban J connectivity index is 1.73. The van der Waals surface area contributed by atoms with Gasteiger partial charge in [0.1, 0.15) is 5.60 Å². The summed E-state index contributed by atoms with van der Waals surface area (Å²) in [6.45, 7) is 10.4. The fourth-order valence-electron chi connectivity index (χ4n) is 3.94. The molecule has 0 aliphatic carbocycles. The molecule has 37 heavy (non-hydrogen) atoms. The third-order valence-corrected chi connectivity index (χ3v) is 5.76. The Morgan fingerprint density at radius 2 is 1.41 bits per heavy atom. The summed E-state index contributed by atoms with van der Waals surface area (Å²) in [6, 6.07) is 16.2. The molecule has 3 amide bonds. The van der Waals surface area contributed by atoms with E-state index in [1.54, 1.807) is 41.5 Å². The van der Waals surface area contributed by atoms with E-state index in [-0.39, 0.29) is 12.8 Å². The number of benzene rings is 2. The maximum absolute atomic E-state index is 12.9. The molecule has 1 N–H and O–H groups in total. The molecule has 1 aliphatic rings. The molecule has 2 aromatic carbocycles. The van der Waals surface area contributed by atoms with E-state index in [0.717, 1.165) is 16.7 Å². The molecule has 1 heterocycles. The van der Waals surface area contributed by atoms with Crippen molar-refractivity contribution in [2.75, 3.05) is 0 Å². The zero-order valence-electron chi connectivity index (χ0n) is 22.1. The van der Waals surface area contributed by atoms with Crippen LogP contribution in [0.25, 0.3) is 11.1 Å². The maximum Gasteiger partial charge on any atom is 0.408 e. The third-order valence-electron chi connectivity index (χ3n) is 5.76. The highest BCUT2D eigenvalue weighted by molar-refractivity contribution is 6.02. The molecule has 9 nitrogen and oxygen atoms in total. The number of hydroxylamine groups is 2. The molecule has 1 saturated heterocycles. The average Bonchev–Trinajstić information content (AvgIpc) is 3.13. The molecule has 2 atom stereocenters. The summed E-state index contributed by atoms with van der Waals surface area (Å²) in [5.74, 6) is -2.25. The van der Waals surface area contributed by atoms with Crippen LogP contribution in [0.3, 0.4) is 0 Å². The molecule has 198 valence electrons. The largest absolute Gasteiger partial charge is 0.439 e. The Morgan fingerprint density at radius 1 is 0.865 bits per heavy atom. The molecular weight excluding hydrogens is 476 g/mol. The molecule has 0 saturated carbocycles. The summed E-state index contributed by atoms with van der Waals surface area (Å²) in [7, 11) is 0. The van der Waals surface area contributed by atoms with Crippen LogP contribution < -0.4 is 5.32 Å². The fourth-order valence-corrected chi connectivity index (χ4v) is 3.94. The minimum atomic E-state index is -1.34. The van der Waals surface area contributed by atoms with Crippen LogP contribution >= 0.6 is 0 Å².